The van der Waals surface area contributed by atoms with Gasteiger partial charge in [-0.25, -0.2) is 4.98 Å². The number of anilines is 4. The second kappa shape index (κ2) is 13.3. The zero-order valence-corrected chi connectivity index (χ0v) is 32.0. The van der Waals surface area contributed by atoms with Crippen LogP contribution >= 0.6 is 0 Å². The van der Waals surface area contributed by atoms with Crippen molar-refractivity contribution in [3.05, 3.63) is 194 Å². The van der Waals surface area contributed by atoms with Crippen molar-refractivity contribution in [2.24, 2.45) is 0 Å². The molecule has 55 heavy (non-hydrogen) atoms. The minimum Gasteiger partial charge on any atom is -0.321 e. The van der Waals surface area contributed by atoms with Gasteiger partial charge in [0.1, 0.15) is 20.6 Å². The predicted octanol–water partition coefficient (Wildman–Crippen LogP) is 11.6. The van der Waals surface area contributed by atoms with E-state index in [0.717, 1.165) is 23.6 Å². The molecule has 0 fully saturated rings. The van der Waals surface area contributed by atoms with Crippen molar-refractivity contribution in [2.75, 3.05) is 16.5 Å². The van der Waals surface area contributed by atoms with Crippen LogP contribution in [0.2, 0.25) is 13.1 Å². The second-order valence-corrected chi connectivity index (χ2v) is 19.3. The van der Waals surface area contributed by atoms with Crippen molar-refractivity contribution >= 4 is 63.0 Å². The van der Waals surface area contributed by atoms with E-state index in [2.05, 4.69) is 216 Å². The molecular weight excluding hydrogens is 685 g/mol. The highest BCUT2D eigenvalue weighted by Gasteiger charge is 2.31. The van der Waals surface area contributed by atoms with Gasteiger partial charge in [-0.15, -0.1) is 0 Å². The molecule has 0 spiro atoms. The molecule has 10 rings (SSSR count). The average Bonchev–Trinajstić information content (AvgIpc) is 3.81. The molecule has 5 heteroatoms. The first kappa shape index (κ1) is 32.9. The number of hydrogen-bond donors (Lipinski definition) is 0. The smallest absolute Gasteiger partial charge is 0.138 e. The molecular formula is C50H40N4Si. The molecule has 0 N–H and O–H groups in total. The number of hydrogen-bond acceptors (Lipinski definition) is 3. The summed E-state index contributed by atoms with van der Waals surface area (Å²) < 4.78 is 2.36. The van der Waals surface area contributed by atoms with Crippen LogP contribution in [0.1, 0.15) is 0 Å². The number of nitrogens with zero attached hydrogens (tertiary/aromatic N) is 4. The van der Waals surface area contributed by atoms with Gasteiger partial charge < -0.3 is 9.80 Å². The van der Waals surface area contributed by atoms with E-state index in [1.807, 2.05) is 6.20 Å². The molecule has 0 saturated heterocycles. The summed E-state index contributed by atoms with van der Waals surface area (Å²) in [7, 11) is -2.18. The standard InChI is InChI=1S/C50H40N4Si/c1-55(2,40-21-15-20-39(33-40)53-35-52(38-18-7-4-8-19-38)47-26-13-14-27-48(47)53)41-28-29-45-44-24-11-12-25-46(44)54(49(45)34-41)50-32-37(30-31-51-50)43-23-10-9-22-42(43)36-16-5-3-6-17-36/h3-34H,35H2,1-2H3. The molecule has 264 valence electrons. The summed E-state index contributed by atoms with van der Waals surface area (Å²) in [6.45, 7) is 5.73. The topological polar surface area (TPSA) is 24.3 Å². The molecule has 9 aromatic rings. The van der Waals surface area contributed by atoms with Crippen LogP contribution in [-0.4, -0.2) is 24.3 Å². The second-order valence-electron chi connectivity index (χ2n) is 14.9. The molecule has 0 radical (unpaired) electrons. The van der Waals surface area contributed by atoms with Gasteiger partial charge in [0.2, 0.25) is 0 Å². The van der Waals surface area contributed by atoms with Gasteiger partial charge in [-0.05, 0) is 82.9 Å². The summed E-state index contributed by atoms with van der Waals surface area (Å²) in [5, 5.41) is 5.27. The summed E-state index contributed by atoms with van der Waals surface area (Å²) in [6.07, 6.45) is 1.95. The van der Waals surface area contributed by atoms with Crippen molar-refractivity contribution in [2.45, 2.75) is 13.1 Å². The molecule has 0 amide bonds. The van der Waals surface area contributed by atoms with E-state index in [9.17, 15) is 0 Å². The van der Waals surface area contributed by atoms with Gasteiger partial charge in [0.15, 0.2) is 0 Å². The fraction of sp³-hybridized carbons (Fsp3) is 0.0600. The van der Waals surface area contributed by atoms with E-state index in [-0.39, 0.29) is 0 Å². The highest BCUT2D eigenvalue weighted by Crippen LogP contribution is 2.44. The van der Waals surface area contributed by atoms with Gasteiger partial charge in [0.25, 0.3) is 0 Å². The SMILES string of the molecule is C[Si](C)(c1cccc(N2CN(c3ccccc3)c3ccccc32)c1)c1ccc2c3ccccc3n(-c3cc(-c4ccccc4-c4ccccc4)ccn3)c2c1. The highest BCUT2D eigenvalue weighted by atomic mass is 28.3. The van der Waals surface area contributed by atoms with E-state index in [0.29, 0.717) is 0 Å². The third-order valence-electron chi connectivity index (χ3n) is 11.4. The number of para-hydroxylation sites is 4. The lowest BCUT2D eigenvalue weighted by Gasteiger charge is -2.27. The first-order valence-electron chi connectivity index (χ1n) is 19.0. The predicted molar refractivity (Wildman–Crippen MR) is 235 cm³/mol. The van der Waals surface area contributed by atoms with Crippen LogP contribution < -0.4 is 20.2 Å². The Morgan fingerprint density at radius 1 is 0.455 bits per heavy atom. The molecule has 2 aromatic heterocycles. The largest absolute Gasteiger partial charge is 0.321 e. The van der Waals surface area contributed by atoms with Crippen LogP contribution in [0.4, 0.5) is 22.7 Å². The number of pyridine rings is 1. The summed E-state index contributed by atoms with van der Waals surface area (Å²) >= 11 is 0. The van der Waals surface area contributed by atoms with Gasteiger partial charge in [-0.1, -0.05) is 151 Å². The molecule has 3 heterocycles. The Kier molecular flexibility index (Phi) is 7.97. The average molecular weight is 725 g/mol. The normalized spacial score (nSPS) is 12.8. The lowest BCUT2D eigenvalue weighted by atomic mass is 9.95. The highest BCUT2D eigenvalue weighted by molar-refractivity contribution is 7.00. The van der Waals surface area contributed by atoms with Gasteiger partial charge in [0.05, 0.1) is 22.4 Å². The monoisotopic (exact) mass is 724 g/mol. The Bertz CT molecular complexity index is 2840. The summed E-state index contributed by atoms with van der Waals surface area (Å²) in [5.41, 5.74) is 12.0. The Hall–Kier alpha value is -6.69. The van der Waals surface area contributed by atoms with Crippen molar-refractivity contribution in [1.82, 2.24) is 9.55 Å². The van der Waals surface area contributed by atoms with Crippen molar-refractivity contribution in [1.29, 1.82) is 0 Å². The van der Waals surface area contributed by atoms with Gasteiger partial charge in [0, 0.05) is 28.3 Å². The Labute approximate surface area is 323 Å². The van der Waals surface area contributed by atoms with Crippen LogP contribution in [0.25, 0.3) is 49.9 Å². The van der Waals surface area contributed by atoms with Crippen molar-refractivity contribution < 1.29 is 0 Å². The molecule has 0 bridgehead atoms. The van der Waals surface area contributed by atoms with E-state index in [1.165, 1.54) is 66.1 Å². The Morgan fingerprint density at radius 2 is 1.05 bits per heavy atom. The minimum absolute atomic E-state index is 0.767. The maximum absolute atomic E-state index is 5.03. The van der Waals surface area contributed by atoms with E-state index < -0.39 is 8.07 Å². The quantitative estimate of drug-likeness (QED) is 0.153. The van der Waals surface area contributed by atoms with Gasteiger partial charge in [-0.3, -0.25) is 4.57 Å². The third kappa shape index (κ3) is 5.63. The maximum atomic E-state index is 5.03. The summed E-state index contributed by atoms with van der Waals surface area (Å²) in [4.78, 5) is 9.88. The van der Waals surface area contributed by atoms with Crippen LogP contribution in [0.3, 0.4) is 0 Å². The number of rotatable bonds is 7. The molecule has 0 aliphatic carbocycles. The molecule has 0 atom stereocenters. The zero-order valence-electron chi connectivity index (χ0n) is 31.0. The molecule has 1 aliphatic rings. The maximum Gasteiger partial charge on any atom is 0.138 e. The lowest BCUT2D eigenvalue weighted by Crippen LogP contribution is -2.53. The molecule has 0 unspecified atom stereocenters. The fourth-order valence-electron chi connectivity index (χ4n) is 8.41. The van der Waals surface area contributed by atoms with E-state index >= 15 is 0 Å². The Morgan fingerprint density at radius 3 is 1.84 bits per heavy atom. The first-order valence-corrected chi connectivity index (χ1v) is 22.0. The molecule has 4 nitrogen and oxygen atoms in total. The lowest BCUT2D eigenvalue weighted by molar-refractivity contribution is 0.991. The number of fused-ring (bicyclic) bond motifs is 4. The zero-order chi connectivity index (χ0) is 36.9. The first-order chi connectivity index (χ1) is 27.0. The molecule has 1 aliphatic heterocycles. The third-order valence-corrected chi connectivity index (χ3v) is 14.9. The number of aromatic nitrogens is 2. The van der Waals surface area contributed by atoms with Crippen LogP contribution in [0, 0.1) is 0 Å². The van der Waals surface area contributed by atoms with Gasteiger partial charge >= 0.3 is 0 Å². The summed E-state index contributed by atoms with van der Waals surface area (Å²) in [6, 6.07) is 68.3. The number of benzene rings is 7. The fourth-order valence-corrected chi connectivity index (χ4v) is 10.8. The van der Waals surface area contributed by atoms with Crippen LogP contribution in [0.5, 0.6) is 0 Å². The van der Waals surface area contributed by atoms with E-state index in [1.54, 1.807) is 0 Å². The van der Waals surface area contributed by atoms with Crippen LogP contribution in [0.15, 0.2) is 194 Å². The van der Waals surface area contributed by atoms with E-state index in [4.69, 9.17) is 4.98 Å². The van der Waals surface area contributed by atoms with Crippen molar-refractivity contribution in [3.8, 4) is 28.1 Å². The molecule has 7 aromatic carbocycles. The van der Waals surface area contributed by atoms with Crippen molar-refractivity contribution in [3.63, 3.8) is 0 Å². The Balaban J connectivity index is 1.06. The van der Waals surface area contributed by atoms with Gasteiger partial charge in [-0.2, -0.15) is 0 Å². The minimum atomic E-state index is -2.18. The molecule has 0 saturated carbocycles. The van der Waals surface area contributed by atoms with Crippen LogP contribution in [-0.2, 0) is 0 Å². The summed E-state index contributed by atoms with van der Waals surface area (Å²) in [5.74, 6) is 0.917.